The van der Waals surface area contributed by atoms with Gasteiger partial charge in [0.2, 0.25) is 0 Å². The summed E-state index contributed by atoms with van der Waals surface area (Å²) in [6.07, 6.45) is 0. The molecule has 0 bridgehead atoms. The SMILES string of the molecule is COC(=O)C1=C(C)NC(C)=C(C(=O)OC)C1c1ccccc1[N+](=O)[O-].COc1cccc(-c2cc(=O)c3ccc(OC)cc3o2)c1. The molecule has 5 rings (SSSR count). The van der Waals surface area contributed by atoms with Crippen molar-refractivity contribution in [2.45, 2.75) is 19.8 Å². The molecule has 0 radical (unpaired) electrons. The third-order valence-corrected chi connectivity index (χ3v) is 7.31. The van der Waals surface area contributed by atoms with Gasteiger partial charge >= 0.3 is 11.9 Å². The van der Waals surface area contributed by atoms with Crippen molar-refractivity contribution in [3.05, 3.63) is 121 Å². The van der Waals surface area contributed by atoms with E-state index in [-0.39, 0.29) is 27.8 Å². The number of nitrogens with zero attached hydrogens (tertiary/aromatic N) is 1. The molecule has 4 aromatic rings. The second-order valence-electron chi connectivity index (χ2n) is 10.0. The number of dihydropyridines is 1. The van der Waals surface area contributed by atoms with Gasteiger partial charge in [-0.15, -0.1) is 0 Å². The molecule has 1 N–H and O–H groups in total. The van der Waals surface area contributed by atoms with Crippen molar-refractivity contribution in [3.8, 4) is 22.8 Å². The molecule has 238 valence electrons. The van der Waals surface area contributed by atoms with Gasteiger partial charge < -0.3 is 28.7 Å². The van der Waals surface area contributed by atoms with E-state index < -0.39 is 22.8 Å². The smallest absolute Gasteiger partial charge is 0.336 e. The lowest BCUT2D eigenvalue weighted by atomic mass is 9.79. The first-order valence-corrected chi connectivity index (χ1v) is 13.9. The van der Waals surface area contributed by atoms with E-state index in [1.807, 2.05) is 24.3 Å². The van der Waals surface area contributed by atoms with Crippen LogP contribution >= 0.6 is 0 Å². The van der Waals surface area contributed by atoms with Crippen molar-refractivity contribution >= 4 is 28.6 Å². The number of esters is 2. The Bertz CT molecular complexity index is 1900. The van der Waals surface area contributed by atoms with Crippen molar-refractivity contribution in [1.82, 2.24) is 5.32 Å². The van der Waals surface area contributed by atoms with Gasteiger partial charge in [0.15, 0.2) is 5.43 Å². The third kappa shape index (κ3) is 6.75. The van der Waals surface area contributed by atoms with Gasteiger partial charge in [-0.05, 0) is 38.1 Å². The molecule has 0 aliphatic carbocycles. The van der Waals surface area contributed by atoms with Crippen LogP contribution in [0.1, 0.15) is 25.3 Å². The summed E-state index contributed by atoms with van der Waals surface area (Å²) in [6.45, 7) is 3.29. The highest BCUT2D eigenvalue weighted by atomic mass is 16.6. The number of fused-ring (bicyclic) bond motifs is 1. The van der Waals surface area contributed by atoms with E-state index in [1.165, 1.54) is 38.5 Å². The van der Waals surface area contributed by atoms with E-state index in [0.717, 1.165) is 5.56 Å². The van der Waals surface area contributed by atoms with Gasteiger partial charge in [-0.1, -0.05) is 30.3 Å². The van der Waals surface area contributed by atoms with E-state index in [2.05, 4.69) is 5.32 Å². The van der Waals surface area contributed by atoms with Crippen LogP contribution in [-0.2, 0) is 19.1 Å². The molecule has 0 amide bonds. The van der Waals surface area contributed by atoms with E-state index >= 15 is 0 Å². The Morgan fingerprint density at radius 1 is 0.804 bits per heavy atom. The first kappa shape index (κ1) is 33.0. The zero-order chi connectivity index (χ0) is 33.5. The maximum atomic E-state index is 12.3. The van der Waals surface area contributed by atoms with Gasteiger partial charge in [-0.2, -0.15) is 0 Å². The number of para-hydroxylation sites is 1. The van der Waals surface area contributed by atoms with Crippen molar-refractivity contribution < 1.29 is 37.9 Å². The van der Waals surface area contributed by atoms with E-state index in [0.29, 0.717) is 39.6 Å². The molecule has 1 aliphatic rings. The number of hydrogen-bond donors (Lipinski definition) is 1. The molecule has 46 heavy (non-hydrogen) atoms. The Kier molecular flexibility index (Phi) is 10.2. The first-order chi connectivity index (χ1) is 22.0. The number of carbonyl (C=O) groups excluding carboxylic acids is 2. The number of nitrogens with one attached hydrogen (secondary N) is 1. The second-order valence-corrected chi connectivity index (χ2v) is 10.0. The largest absolute Gasteiger partial charge is 0.497 e. The zero-order valence-electron chi connectivity index (χ0n) is 26.0. The Balaban J connectivity index is 0.000000211. The molecule has 0 saturated carbocycles. The summed E-state index contributed by atoms with van der Waals surface area (Å²) in [7, 11) is 5.59. The number of nitro groups is 1. The molecule has 1 aromatic heterocycles. The monoisotopic (exact) mass is 628 g/mol. The summed E-state index contributed by atoms with van der Waals surface area (Å²) in [5.74, 6) is -0.471. The van der Waals surface area contributed by atoms with Crippen LogP contribution in [0.15, 0.2) is 105 Å². The van der Waals surface area contributed by atoms with Gasteiger partial charge in [0, 0.05) is 40.7 Å². The minimum absolute atomic E-state index is 0.0864. The number of methoxy groups -OCH3 is 4. The zero-order valence-corrected chi connectivity index (χ0v) is 26.0. The highest BCUT2D eigenvalue weighted by Crippen LogP contribution is 2.42. The van der Waals surface area contributed by atoms with E-state index in [4.69, 9.17) is 23.4 Å². The second kappa shape index (κ2) is 14.2. The van der Waals surface area contributed by atoms with E-state index in [1.54, 1.807) is 52.3 Å². The molecular weight excluding hydrogens is 596 g/mol. The van der Waals surface area contributed by atoms with Crippen LogP contribution in [0.3, 0.4) is 0 Å². The lowest BCUT2D eigenvalue weighted by Crippen LogP contribution is -2.32. The highest BCUT2D eigenvalue weighted by molar-refractivity contribution is 6.00. The van der Waals surface area contributed by atoms with Crippen LogP contribution in [0.2, 0.25) is 0 Å². The van der Waals surface area contributed by atoms with Crippen LogP contribution in [0.5, 0.6) is 11.5 Å². The number of rotatable bonds is 7. The lowest BCUT2D eigenvalue weighted by molar-refractivity contribution is -0.385. The fourth-order valence-corrected chi connectivity index (χ4v) is 5.14. The molecule has 12 nitrogen and oxygen atoms in total. The first-order valence-electron chi connectivity index (χ1n) is 13.9. The van der Waals surface area contributed by atoms with Crippen molar-refractivity contribution in [3.63, 3.8) is 0 Å². The van der Waals surface area contributed by atoms with Crippen LogP contribution in [0.25, 0.3) is 22.3 Å². The topological polar surface area (TPSA) is 156 Å². The van der Waals surface area contributed by atoms with Crippen LogP contribution < -0.4 is 20.2 Å². The summed E-state index contributed by atoms with van der Waals surface area (Å²) in [5.41, 5.74) is 2.39. The molecule has 1 aliphatic heterocycles. The quantitative estimate of drug-likeness (QED) is 0.153. The van der Waals surface area contributed by atoms with Crippen LogP contribution in [-0.4, -0.2) is 45.3 Å². The summed E-state index contributed by atoms with van der Waals surface area (Å²) in [4.78, 5) is 47.8. The number of hydrogen-bond acceptors (Lipinski definition) is 11. The van der Waals surface area contributed by atoms with Crippen molar-refractivity contribution in [2.24, 2.45) is 0 Å². The normalized spacial score (nSPS) is 12.9. The number of ether oxygens (including phenoxy) is 4. The summed E-state index contributed by atoms with van der Waals surface area (Å²) < 4.78 is 25.8. The Morgan fingerprint density at radius 2 is 1.41 bits per heavy atom. The molecule has 0 saturated heterocycles. The predicted octanol–water partition coefficient (Wildman–Crippen LogP) is 5.65. The number of benzene rings is 3. The third-order valence-electron chi connectivity index (χ3n) is 7.31. The predicted molar refractivity (Wildman–Crippen MR) is 169 cm³/mol. The van der Waals surface area contributed by atoms with Crippen molar-refractivity contribution in [1.29, 1.82) is 0 Å². The molecule has 0 fully saturated rings. The number of allylic oxidation sites excluding steroid dienone is 2. The number of nitro benzene ring substituents is 1. The molecule has 0 atom stereocenters. The number of carbonyl (C=O) groups is 2. The molecule has 3 aromatic carbocycles. The van der Waals surface area contributed by atoms with Crippen molar-refractivity contribution in [2.75, 3.05) is 28.4 Å². The Hall–Kier alpha value is -5.91. The minimum atomic E-state index is -0.970. The molecule has 0 spiro atoms. The standard InChI is InChI=1S/C17H18N2O6.C17H14O4/c1-9-13(16(20)24-3)15(14(10(2)18-9)17(21)25-4)11-7-5-6-8-12(11)19(22)23;1-19-12-5-3-4-11(8-12)16-10-15(18)14-7-6-13(20-2)9-17(14)21-16/h5-8,15,18H,1-4H3;3-10H,1-2H3. The summed E-state index contributed by atoms with van der Waals surface area (Å²) in [6, 6.07) is 20.0. The average Bonchev–Trinajstić information content (AvgIpc) is 3.07. The fraction of sp³-hybridized carbons (Fsp3) is 0.206. The molecular formula is C34H32N2O10. The van der Waals surface area contributed by atoms with Gasteiger partial charge in [0.05, 0.1) is 55.8 Å². The van der Waals surface area contributed by atoms with E-state index in [9.17, 15) is 24.5 Å². The summed E-state index contributed by atoms with van der Waals surface area (Å²) >= 11 is 0. The minimum Gasteiger partial charge on any atom is -0.497 e. The van der Waals surface area contributed by atoms with Crippen LogP contribution in [0, 0.1) is 10.1 Å². The Labute approximate surface area is 264 Å². The van der Waals surface area contributed by atoms with Crippen LogP contribution in [0.4, 0.5) is 5.69 Å². The maximum absolute atomic E-state index is 12.3. The molecule has 12 heteroatoms. The lowest BCUT2D eigenvalue weighted by Gasteiger charge is -2.29. The van der Waals surface area contributed by atoms with Gasteiger partial charge in [0.1, 0.15) is 22.8 Å². The summed E-state index contributed by atoms with van der Waals surface area (Å²) in [5, 5.41) is 14.9. The maximum Gasteiger partial charge on any atom is 0.336 e. The highest BCUT2D eigenvalue weighted by Gasteiger charge is 2.40. The molecule has 0 unspecified atom stereocenters. The average molecular weight is 629 g/mol. The van der Waals surface area contributed by atoms with Gasteiger partial charge in [0.25, 0.3) is 5.69 Å². The molecule has 2 heterocycles. The Morgan fingerprint density at radius 3 is 2.00 bits per heavy atom. The van der Waals surface area contributed by atoms with Gasteiger partial charge in [-0.25, -0.2) is 9.59 Å². The fourth-order valence-electron chi connectivity index (χ4n) is 5.14. The van der Waals surface area contributed by atoms with Gasteiger partial charge in [-0.3, -0.25) is 14.9 Å².